The van der Waals surface area contributed by atoms with Crippen molar-refractivity contribution in [3.05, 3.63) is 0 Å². The lowest BCUT2D eigenvalue weighted by Gasteiger charge is -2.41. The number of rotatable bonds is 4. The van der Waals surface area contributed by atoms with Crippen molar-refractivity contribution in [2.45, 2.75) is 37.6 Å². The summed E-state index contributed by atoms with van der Waals surface area (Å²) in [6.07, 6.45) is -6.46. The van der Waals surface area contributed by atoms with E-state index < -0.39 is 53.6 Å². The van der Waals surface area contributed by atoms with Gasteiger partial charge in [-0.05, 0) is 0 Å². The van der Waals surface area contributed by atoms with Crippen LogP contribution >= 0.6 is 0 Å². The Hall–Kier alpha value is -0.820. The van der Waals surface area contributed by atoms with Crippen LogP contribution in [0.1, 0.15) is 6.92 Å². The largest absolute Gasteiger partial charge is 0.397 e. The van der Waals surface area contributed by atoms with Crippen LogP contribution in [0.2, 0.25) is 0 Å². The topological polar surface area (TPSA) is 163 Å². The van der Waals surface area contributed by atoms with Gasteiger partial charge in [-0.15, -0.1) is 0 Å². The zero-order valence-electron chi connectivity index (χ0n) is 9.83. The van der Waals surface area contributed by atoms with Gasteiger partial charge in [0.25, 0.3) is 0 Å². The summed E-state index contributed by atoms with van der Waals surface area (Å²) in [4.78, 5) is 10.9. The minimum atomic E-state index is -4.91. The SMILES string of the molecule is CC(=O)N[C@@H]1C(O)O[C@H](CO)[C@@H](OS(=O)(=O)O)[C@@H]1O. The van der Waals surface area contributed by atoms with Crippen molar-refractivity contribution in [1.82, 2.24) is 5.32 Å². The first-order valence-electron chi connectivity index (χ1n) is 5.21. The third-order valence-electron chi connectivity index (χ3n) is 2.47. The smallest absolute Gasteiger partial charge is 0.394 e. The standard InChI is InChI=1S/C8H15NO9S/c1-3(11)9-5-6(12)7(18-19(14,15)16)4(2-10)17-8(5)13/h4-8,10,12-13H,2H2,1H3,(H,9,11)(H,14,15,16)/t4-,5+,6-,7-,8?/m1/s1. The van der Waals surface area contributed by atoms with Gasteiger partial charge in [0.1, 0.15) is 24.4 Å². The number of hydrogen-bond donors (Lipinski definition) is 5. The molecule has 11 heteroatoms. The van der Waals surface area contributed by atoms with E-state index in [1.165, 1.54) is 0 Å². The van der Waals surface area contributed by atoms with Crippen LogP contribution in [0, 0.1) is 0 Å². The monoisotopic (exact) mass is 301 g/mol. The average Bonchev–Trinajstić information content (AvgIpc) is 2.26. The molecule has 1 amide bonds. The fourth-order valence-electron chi connectivity index (χ4n) is 1.73. The van der Waals surface area contributed by atoms with Crippen LogP contribution in [0.5, 0.6) is 0 Å². The highest BCUT2D eigenvalue weighted by Gasteiger charge is 2.47. The van der Waals surface area contributed by atoms with Gasteiger partial charge in [0, 0.05) is 6.92 Å². The second-order valence-electron chi connectivity index (χ2n) is 3.95. The molecular weight excluding hydrogens is 286 g/mol. The van der Waals surface area contributed by atoms with E-state index in [4.69, 9.17) is 14.4 Å². The summed E-state index contributed by atoms with van der Waals surface area (Å²) in [5.41, 5.74) is 0. The summed E-state index contributed by atoms with van der Waals surface area (Å²) >= 11 is 0. The highest BCUT2D eigenvalue weighted by molar-refractivity contribution is 7.80. The third-order valence-corrected chi connectivity index (χ3v) is 2.94. The van der Waals surface area contributed by atoms with Crippen LogP contribution in [-0.4, -0.2) is 71.4 Å². The number of amides is 1. The van der Waals surface area contributed by atoms with Crippen LogP contribution in [0.15, 0.2) is 0 Å². The molecule has 1 aliphatic heterocycles. The molecule has 0 aromatic rings. The second kappa shape index (κ2) is 6.09. The average molecular weight is 301 g/mol. The lowest BCUT2D eigenvalue weighted by molar-refractivity contribution is -0.248. The number of aliphatic hydroxyl groups is 3. The molecule has 1 fully saturated rings. The van der Waals surface area contributed by atoms with Crippen molar-refractivity contribution < 1.29 is 42.0 Å². The van der Waals surface area contributed by atoms with Crippen LogP contribution in [0.4, 0.5) is 0 Å². The molecular formula is C8H15NO9S. The molecule has 5 atom stereocenters. The maximum Gasteiger partial charge on any atom is 0.397 e. The van der Waals surface area contributed by atoms with E-state index in [9.17, 15) is 23.4 Å². The predicted octanol–water partition coefficient (Wildman–Crippen LogP) is -3.25. The van der Waals surface area contributed by atoms with E-state index in [-0.39, 0.29) is 0 Å². The number of nitrogens with one attached hydrogen (secondary N) is 1. The van der Waals surface area contributed by atoms with Crippen molar-refractivity contribution in [2.24, 2.45) is 0 Å². The molecule has 10 nitrogen and oxygen atoms in total. The summed E-state index contributed by atoms with van der Waals surface area (Å²) in [7, 11) is -4.91. The first-order valence-corrected chi connectivity index (χ1v) is 6.57. The van der Waals surface area contributed by atoms with Gasteiger partial charge >= 0.3 is 10.4 Å². The number of hydrogen-bond acceptors (Lipinski definition) is 8. The van der Waals surface area contributed by atoms with E-state index in [0.29, 0.717) is 0 Å². The molecule has 0 radical (unpaired) electrons. The molecule has 1 heterocycles. The van der Waals surface area contributed by atoms with Gasteiger partial charge < -0.3 is 25.4 Å². The summed E-state index contributed by atoms with van der Waals surface area (Å²) in [5.74, 6) is -0.611. The molecule has 0 aliphatic carbocycles. The quantitative estimate of drug-likeness (QED) is 0.335. The van der Waals surface area contributed by atoms with Crippen molar-refractivity contribution >= 4 is 16.3 Å². The molecule has 0 spiro atoms. The van der Waals surface area contributed by atoms with Gasteiger partial charge in [-0.25, -0.2) is 4.18 Å². The minimum Gasteiger partial charge on any atom is -0.394 e. The van der Waals surface area contributed by atoms with Crippen molar-refractivity contribution in [1.29, 1.82) is 0 Å². The number of carbonyl (C=O) groups is 1. The highest BCUT2D eigenvalue weighted by Crippen LogP contribution is 2.23. The lowest BCUT2D eigenvalue weighted by Crippen LogP contribution is -2.64. The van der Waals surface area contributed by atoms with Crippen molar-refractivity contribution in [3.8, 4) is 0 Å². The molecule has 19 heavy (non-hydrogen) atoms. The van der Waals surface area contributed by atoms with Gasteiger partial charge in [0.2, 0.25) is 5.91 Å². The fourth-order valence-corrected chi connectivity index (χ4v) is 2.25. The fraction of sp³-hybridized carbons (Fsp3) is 0.875. The van der Waals surface area contributed by atoms with Gasteiger partial charge in [-0.1, -0.05) is 0 Å². The maximum absolute atomic E-state index is 10.9. The molecule has 112 valence electrons. The Morgan fingerprint density at radius 3 is 2.42 bits per heavy atom. The summed E-state index contributed by atoms with van der Waals surface area (Å²) in [5, 5.41) is 30.5. The zero-order valence-corrected chi connectivity index (χ0v) is 10.6. The van der Waals surface area contributed by atoms with Crippen LogP contribution in [0.3, 0.4) is 0 Å². The Bertz CT molecular complexity index is 424. The van der Waals surface area contributed by atoms with E-state index in [1.807, 2.05) is 0 Å². The Morgan fingerprint density at radius 2 is 2.00 bits per heavy atom. The van der Waals surface area contributed by atoms with Gasteiger partial charge in [-0.3, -0.25) is 9.35 Å². The number of ether oxygens (including phenoxy) is 1. The minimum absolute atomic E-state index is 0.611. The molecule has 0 aromatic carbocycles. The molecule has 0 bridgehead atoms. The molecule has 1 unspecified atom stereocenters. The molecule has 5 N–H and O–H groups in total. The summed E-state index contributed by atoms with van der Waals surface area (Å²) in [6.45, 7) is 0.331. The van der Waals surface area contributed by atoms with Gasteiger partial charge in [-0.2, -0.15) is 8.42 Å². The second-order valence-corrected chi connectivity index (χ2v) is 5.00. The van der Waals surface area contributed by atoms with Crippen LogP contribution < -0.4 is 5.32 Å². The van der Waals surface area contributed by atoms with Crippen molar-refractivity contribution in [3.63, 3.8) is 0 Å². The summed E-state index contributed by atoms with van der Waals surface area (Å²) < 4.78 is 38.9. The molecule has 1 saturated heterocycles. The van der Waals surface area contributed by atoms with Gasteiger partial charge in [0.15, 0.2) is 6.29 Å². The lowest BCUT2D eigenvalue weighted by atomic mass is 9.97. The number of aliphatic hydroxyl groups excluding tert-OH is 3. The predicted molar refractivity (Wildman–Crippen MR) is 58.0 cm³/mol. The highest BCUT2D eigenvalue weighted by atomic mass is 32.3. The normalized spacial score (nSPS) is 35.9. The molecule has 1 aliphatic rings. The Morgan fingerprint density at radius 1 is 1.42 bits per heavy atom. The molecule has 0 saturated carbocycles. The van der Waals surface area contributed by atoms with E-state index in [0.717, 1.165) is 6.92 Å². The third kappa shape index (κ3) is 4.35. The van der Waals surface area contributed by atoms with Crippen LogP contribution in [-0.2, 0) is 24.1 Å². The van der Waals surface area contributed by atoms with Crippen molar-refractivity contribution in [2.75, 3.05) is 6.61 Å². The zero-order chi connectivity index (χ0) is 14.8. The molecule has 1 rings (SSSR count). The number of carbonyl (C=O) groups excluding carboxylic acids is 1. The first-order chi connectivity index (χ1) is 8.65. The van der Waals surface area contributed by atoms with E-state index in [2.05, 4.69) is 9.50 Å². The Balaban J connectivity index is 2.94. The summed E-state index contributed by atoms with van der Waals surface area (Å²) in [6, 6.07) is -1.37. The first kappa shape index (κ1) is 16.2. The van der Waals surface area contributed by atoms with E-state index in [1.54, 1.807) is 0 Å². The Kier molecular flexibility index (Phi) is 5.20. The van der Waals surface area contributed by atoms with Gasteiger partial charge in [0.05, 0.1) is 6.61 Å². The van der Waals surface area contributed by atoms with E-state index >= 15 is 0 Å². The maximum atomic E-state index is 10.9. The Labute approximate surface area is 108 Å². The molecule has 0 aromatic heterocycles. The van der Waals surface area contributed by atoms with Crippen LogP contribution in [0.25, 0.3) is 0 Å².